The molecule has 0 spiro atoms. The van der Waals surface area contributed by atoms with Crippen LogP contribution in [0.4, 0.5) is 0 Å². The van der Waals surface area contributed by atoms with E-state index in [1.807, 2.05) is 41.9 Å². The van der Waals surface area contributed by atoms with Gasteiger partial charge in [-0.05, 0) is 78.8 Å². The van der Waals surface area contributed by atoms with Gasteiger partial charge in [0.15, 0.2) is 0 Å². The topological polar surface area (TPSA) is 76.0 Å². The van der Waals surface area contributed by atoms with Gasteiger partial charge >= 0.3 is 0 Å². The van der Waals surface area contributed by atoms with Crippen molar-refractivity contribution in [3.05, 3.63) is 80.3 Å². The third-order valence-corrected chi connectivity index (χ3v) is 7.83. The number of halogens is 3. The normalized spacial score (nSPS) is 11.1. The van der Waals surface area contributed by atoms with Gasteiger partial charge in [-0.25, -0.2) is 4.68 Å². The Balaban J connectivity index is 0.00000267. The minimum absolute atomic E-state index is 0. The Hall–Kier alpha value is -2.58. The highest BCUT2D eigenvalue weighted by molar-refractivity contribution is 7.20. The first-order valence-electron chi connectivity index (χ1n) is 12.3. The lowest BCUT2D eigenvalue weighted by Gasteiger charge is -2.22. The Labute approximate surface area is 251 Å². The molecule has 39 heavy (non-hydrogen) atoms. The van der Waals surface area contributed by atoms with Crippen molar-refractivity contribution < 1.29 is 9.59 Å². The molecule has 0 aliphatic rings. The standard InChI is InChI=1S/C29H33ClN4O2S.2ClH/c1-17-13-20(29(4,5)6)14-18(2)23(17)16-26(35)31-11-12-32-27(36)25-15-24-19(3)33-34(28(24)37-25)22-9-7-21(30)8-10-22;;/h7-10,13-15H,11-12,16H2,1-6H3,(H,31,35)(H,32,36);2*1H. The lowest BCUT2D eigenvalue weighted by molar-refractivity contribution is -0.120. The van der Waals surface area contributed by atoms with Gasteiger partial charge in [0, 0.05) is 23.5 Å². The van der Waals surface area contributed by atoms with Crippen molar-refractivity contribution in [3.8, 4) is 5.69 Å². The van der Waals surface area contributed by atoms with Crippen molar-refractivity contribution in [2.75, 3.05) is 13.1 Å². The van der Waals surface area contributed by atoms with Gasteiger partial charge in [-0.1, -0.05) is 44.5 Å². The number of nitrogens with zero attached hydrogens (tertiary/aromatic N) is 2. The van der Waals surface area contributed by atoms with Gasteiger partial charge < -0.3 is 10.6 Å². The molecule has 0 saturated heterocycles. The van der Waals surface area contributed by atoms with Crippen molar-refractivity contribution in [2.45, 2.75) is 53.4 Å². The molecule has 0 radical (unpaired) electrons. The average Bonchev–Trinajstić information content (AvgIpc) is 3.39. The zero-order valence-electron chi connectivity index (χ0n) is 23.0. The number of hydrogen-bond donors (Lipinski definition) is 2. The zero-order valence-corrected chi connectivity index (χ0v) is 26.2. The summed E-state index contributed by atoms with van der Waals surface area (Å²) in [7, 11) is 0. The third-order valence-electron chi connectivity index (χ3n) is 6.47. The number of carbonyl (C=O) groups is 2. The van der Waals surface area contributed by atoms with Crippen LogP contribution in [-0.4, -0.2) is 34.7 Å². The fourth-order valence-corrected chi connectivity index (χ4v) is 5.54. The number of carbonyl (C=O) groups excluding carboxylic acids is 2. The van der Waals surface area contributed by atoms with E-state index < -0.39 is 0 Å². The highest BCUT2D eigenvalue weighted by atomic mass is 35.5. The Bertz CT molecular complexity index is 1450. The lowest BCUT2D eigenvalue weighted by Crippen LogP contribution is -2.35. The molecule has 2 heterocycles. The predicted molar refractivity (Wildman–Crippen MR) is 167 cm³/mol. The molecule has 2 aromatic carbocycles. The molecule has 2 aromatic heterocycles. The second-order valence-corrected chi connectivity index (χ2v) is 11.9. The van der Waals surface area contributed by atoms with Crippen LogP contribution in [0.25, 0.3) is 15.9 Å². The molecule has 10 heteroatoms. The van der Waals surface area contributed by atoms with Gasteiger partial charge in [0.05, 0.1) is 22.7 Å². The van der Waals surface area contributed by atoms with Gasteiger partial charge in [0.25, 0.3) is 5.91 Å². The Morgan fingerprint density at radius 1 is 0.949 bits per heavy atom. The largest absolute Gasteiger partial charge is 0.354 e. The number of hydrogen-bond acceptors (Lipinski definition) is 4. The first kappa shape index (κ1) is 32.6. The maximum atomic E-state index is 12.8. The van der Waals surface area contributed by atoms with Gasteiger partial charge in [0.2, 0.25) is 5.91 Å². The molecule has 6 nitrogen and oxygen atoms in total. The average molecular weight is 610 g/mol. The number of rotatable bonds is 7. The molecular formula is C29H35Cl3N4O2S. The summed E-state index contributed by atoms with van der Waals surface area (Å²) < 4.78 is 1.83. The quantitative estimate of drug-likeness (QED) is 0.224. The van der Waals surface area contributed by atoms with Crippen molar-refractivity contribution in [3.63, 3.8) is 0 Å². The fourth-order valence-electron chi connectivity index (χ4n) is 4.31. The first-order chi connectivity index (χ1) is 17.4. The van der Waals surface area contributed by atoms with E-state index in [0.29, 0.717) is 29.4 Å². The van der Waals surface area contributed by atoms with Crippen LogP contribution >= 0.6 is 47.8 Å². The maximum absolute atomic E-state index is 12.8. The number of aryl methyl sites for hydroxylation is 3. The van der Waals surface area contributed by atoms with Crippen LogP contribution < -0.4 is 10.6 Å². The van der Waals surface area contributed by atoms with Crippen LogP contribution in [-0.2, 0) is 16.6 Å². The third kappa shape index (κ3) is 7.54. The molecule has 0 aliphatic carbocycles. The molecule has 2 N–H and O–H groups in total. The highest BCUT2D eigenvalue weighted by Gasteiger charge is 2.19. The SMILES string of the molecule is Cc1cc(C(C)(C)C)cc(C)c1CC(=O)NCCNC(=O)c1cc2c(C)nn(-c3ccc(Cl)cc3)c2s1.Cl.Cl. The molecule has 0 fully saturated rings. The number of amides is 2. The molecule has 2 amide bonds. The van der Waals surface area contributed by atoms with E-state index in [1.165, 1.54) is 16.9 Å². The van der Waals surface area contributed by atoms with Crippen LogP contribution in [0.5, 0.6) is 0 Å². The van der Waals surface area contributed by atoms with E-state index in [2.05, 4.69) is 62.5 Å². The van der Waals surface area contributed by atoms with Crippen molar-refractivity contribution in [1.82, 2.24) is 20.4 Å². The second kappa shape index (κ2) is 13.2. The van der Waals surface area contributed by atoms with E-state index in [4.69, 9.17) is 11.6 Å². The van der Waals surface area contributed by atoms with Gasteiger partial charge in [-0.3, -0.25) is 9.59 Å². The first-order valence-corrected chi connectivity index (χ1v) is 13.5. The Morgan fingerprint density at radius 2 is 1.54 bits per heavy atom. The number of fused-ring (bicyclic) bond motifs is 1. The Morgan fingerprint density at radius 3 is 2.13 bits per heavy atom. The number of aromatic nitrogens is 2. The molecule has 4 aromatic rings. The molecule has 4 rings (SSSR count). The smallest absolute Gasteiger partial charge is 0.261 e. The summed E-state index contributed by atoms with van der Waals surface area (Å²) in [6.07, 6.45) is 0.326. The fraction of sp³-hybridized carbons (Fsp3) is 0.345. The molecule has 0 unspecified atom stereocenters. The summed E-state index contributed by atoms with van der Waals surface area (Å²) in [6.45, 7) is 13.3. The second-order valence-electron chi connectivity index (χ2n) is 10.4. The summed E-state index contributed by atoms with van der Waals surface area (Å²) in [6, 6.07) is 13.7. The molecule has 0 atom stereocenters. The monoisotopic (exact) mass is 608 g/mol. The van der Waals surface area contributed by atoms with Gasteiger partial charge in [-0.15, -0.1) is 36.2 Å². The summed E-state index contributed by atoms with van der Waals surface area (Å²) >= 11 is 7.41. The number of nitrogens with one attached hydrogen (secondary N) is 2. The van der Waals surface area contributed by atoms with E-state index >= 15 is 0 Å². The van der Waals surface area contributed by atoms with Crippen LogP contribution in [0.3, 0.4) is 0 Å². The van der Waals surface area contributed by atoms with Crippen LogP contribution in [0.2, 0.25) is 5.02 Å². The van der Waals surface area contributed by atoms with Crippen molar-refractivity contribution in [1.29, 1.82) is 0 Å². The minimum Gasteiger partial charge on any atom is -0.354 e. The summed E-state index contributed by atoms with van der Waals surface area (Å²) in [5.74, 6) is -0.216. The van der Waals surface area contributed by atoms with Gasteiger partial charge in [-0.2, -0.15) is 5.10 Å². The van der Waals surface area contributed by atoms with Crippen molar-refractivity contribution >= 4 is 69.8 Å². The predicted octanol–water partition coefficient (Wildman–Crippen LogP) is 6.90. The maximum Gasteiger partial charge on any atom is 0.261 e. The van der Waals surface area contributed by atoms with Crippen LogP contribution in [0.1, 0.15) is 58.4 Å². The van der Waals surface area contributed by atoms with E-state index in [-0.39, 0.29) is 42.0 Å². The minimum atomic E-state index is -0.165. The van der Waals surface area contributed by atoms with Crippen LogP contribution in [0, 0.1) is 20.8 Å². The van der Waals surface area contributed by atoms with Crippen LogP contribution in [0.15, 0.2) is 42.5 Å². The number of thiophene rings is 1. The Kier molecular flexibility index (Phi) is 11.0. The molecule has 0 aliphatic heterocycles. The molecule has 0 saturated carbocycles. The van der Waals surface area contributed by atoms with E-state index in [1.54, 1.807) is 0 Å². The van der Waals surface area contributed by atoms with E-state index in [0.717, 1.165) is 38.3 Å². The molecule has 210 valence electrons. The zero-order chi connectivity index (χ0) is 26.9. The molecule has 0 bridgehead atoms. The summed E-state index contributed by atoms with van der Waals surface area (Å²) in [4.78, 5) is 26.9. The molecular weight excluding hydrogens is 575 g/mol. The van der Waals surface area contributed by atoms with Gasteiger partial charge in [0.1, 0.15) is 4.83 Å². The lowest BCUT2D eigenvalue weighted by atomic mass is 9.83. The summed E-state index contributed by atoms with van der Waals surface area (Å²) in [5, 5.41) is 12.1. The summed E-state index contributed by atoms with van der Waals surface area (Å²) in [5.41, 5.74) is 6.40. The van der Waals surface area contributed by atoms with Crippen molar-refractivity contribution in [2.24, 2.45) is 0 Å². The number of benzene rings is 2. The highest BCUT2D eigenvalue weighted by Crippen LogP contribution is 2.31. The van der Waals surface area contributed by atoms with E-state index in [9.17, 15) is 9.59 Å².